The average molecular weight is 135 g/mol. The fourth-order valence-corrected chi connectivity index (χ4v) is 0.893. The molecule has 0 aromatic heterocycles. The van der Waals surface area contributed by atoms with Gasteiger partial charge in [0.1, 0.15) is 0 Å². The first-order valence-electron chi connectivity index (χ1n) is 3.06. The molecule has 2 aliphatic rings. The molecule has 10 heavy (non-hydrogen) atoms. The molecule has 1 N–H and O–H groups in total. The summed E-state index contributed by atoms with van der Waals surface area (Å²) in [5, 5.41) is 9.81. The highest BCUT2D eigenvalue weighted by Gasteiger charge is 2.23. The van der Waals surface area contributed by atoms with Crippen molar-refractivity contribution in [2.45, 2.75) is 6.92 Å². The molecule has 2 rings (SSSR count). The molecule has 0 aliphatic carbocycles. The van der Waals surface area contributed by atoms with E-state index in [4.69, 9.17) is 0 Å². The molecular formula is C6H7N4. The normalized spacial score (nSPS) is 22.5. The molecule has 4 nitrogen and oxygen atoms in total. The minimum atomic E-state index is 0.847. The predicted molar refractivity (Wildman–Crippen MR) is 39.0 cm³/mol. The molecule has 0 aromatic rings. The van der Waals surface area contributed by atoms with E-state index in [1.165, 1.54) is 0 Å². The number of hydrogen-bond donors (Lipinski definition) is 1. The van der Waals surface area contributed by atoms with Crippen molar-refractivity contribution in [2.24, 2.45) is 10.2 Å². The lowest BCUT2D eigenvalue weighted by Gasteiger charge is -2.16. The van der Waals surface area contributed by atoms with Gasteiger partial charge in [-0.3, -0.25) is 5.43 Å². The van der Waals surface area contributed by atoms with Crippen molar-refractivity contribution in [3.8, 4) is 0 Å². The summed E-state index contributed by atoms with van der Waals surface area (Å²) in [6.07, 6.45) is 6.43. The summed E-state index contributed by atoms with van der Waals surface area (Å²) in [6.45, 7) is 1.92. The van der Waals surface area contributed by atoms with Crippen LogP contribution in [0.4, 0.5) is 0 Å². The fourth-order valence-electron chi connectivity index (χ4n) is 0.893. The predicted octanol–water partition coefficient (Wildman–Crippen LogP) is 0.270. The molecule has 0 spiro atoms. The minimum Gasteiger partial charge on any atom is -0.277 e. The van der Waals surface area contributed by atoms with Gasteiger partial charge < -0.3 is 0 Å². The molecule has 0 aromatic carbocycles. The van der Waals surface area contributed by atoms with Crippen LogP contribution in [0.25, 0.3) is 0 Å². The van der Waals surface area contributed by atoms with E-state index in [0.717, 1.165) is 12.0 Å². The van der Waals surface area contributed by atoms with Gasteiger partial charge in [0.05, 0.1) is 0 Å². The van der Waals surface area contributed by atoms with Crippen LogP contribution in [0.5, 0.6) is 0 Å². The van der Waals surface area contributed by atoms with Gasteiger partial charge in [0.15, 0.2) is 12.0 Å². The molecule has 0 amide bonds. The van der Waals surface area contributed by atoms with Gasteiger partial charge in [0.25, 0.3) is 0 Å². The van der Waals surface area contributed by atoms with Gasteiger partial charge in [-0.15, -0.1) is 0 Å². The first kappa shape index (κ1) is 5.46. The van der Waals surface area contributed by atoms with Gasteiger partial charge in [-0.05, 0) is 19.1 Å². The Morgan fingerprint density at radius 3 is 3.30 bits per heavy atom. The van der Waals surface area contributed by atoms with Crippen LogP contribution in [-0.2, 0) is 0 Å². The Morgan fingerprint density at radius 1 is 1.60 bits per heavy atom. The standard InChI is InChI=1S/C6H7N4/c1-5-8-9-6-3-2-4-7-10(5)6/h2-4,8H,1H3. The second-order valence-electron chi connectivity index (χ2n) is 2.10. The number of hydrogen-bond acceptors (Lipinski definition) is 4. The molecule has 51 valence electrons. The van der Waals surface area contributed by atoms with Gasteiger partial charge in [0.2, 0.25) is 0 Å². The number of hydrazone groups is 2. The monoisotopic (exact) mass is 135 g/mol. The smallest absolute Gasteiger partial charge is 0.190 e. The van der Waals surface area contributed by atoms with Crippen LogP contribution >= 0.6 is 0 Å². The van der Waals surface area contributed by atoms with E-state index in [2.05, 4.69) is 15.6 Å². The highest BCUT2D eigenvalue weighted by Crippen LogP contribution is 2.14. The number of rotatable bonds is 0. The zero-order valence-electron chi connectivity index (χ0n) is 5.57. The SMILES string of the molecule is C[C]1NN=C2C=CC=NN12. The number of amidine groups is 1. The van der Waals surface area contributed by atoms with Crippen LogP contribution < -0.4 is 5.43 Å². The van der Waals surface area contributed by atoms with E-state index in [0.29, 0.717) is 0 Å². The lowest BCUT2D eigenvalue weighted by molar-refractivity contribution is 0.453. The molecule has 1 radical (unpaired) electrons. The van der Waals surface area contributed by atoms with Crippen LogP contribution in [0.2, 0.25) is 0 Å². The Hall–Kier alpha value is -1.32. The lowest BCUT2D eigenvalue weighted by atomic mass is 10.4. The first-order valence-corrected chi connectivity index (χ1v) is 3.06. The van der Waals surface area contributed by atoms with E-state index in [9.17, 15) is 0 Å². The molecular weight excluding hydrogens is 128 g/mol. The van der Waals surface area contributed by atoms with Gasteiger partial charge in [0, 0.05) is 6.21 Å². The van der Waals surface area contributed by atoms with Crippen LogP contribution in [0.3, 0.4) is 0 Å². The third-order valence-corrected chi connectivity index (χ3v) is 1.38. The molecule has 0 bridgehead atoms. The third kappa shape index (κ3) is 0.618. The Morgan fingerprint density at radius 2 is 2.50 bits per heavy atom. The number of fused-ring (bicyclic) bond motifs is 1. The zero-order valence-corrected chi connectivity index (χ0v) is 5.57. The molecule has 2 heterocycles. The fraction of sp³-hybridized carbons (Fsp3) is 0.167. The maximum atomic E-state index is 4.06. The third-order valence-electron chi connectivity index (χ3n) is 1.38. The highest BCUT2D eigenvalue weighted by atomic mass is 15.6. The van der Waals surface area contributed by atoms with Gasteiger partial charge in [-0.1, -0.05) is 0 Å². The van der Waals surface area contributed by atoms with Crippen molar-refractivity contribution in [1.82, 2.24) is 10.4 Å². The molecule has 0 fully saturated rings. The summed E-state index contributed by atoms with van der Waals surface area (Å²) in [6, 6.07) is 0. The van der Waals surface area contributed by atoms with Crippen molar-refractivity contribution in [1.29, 1.82) is 0 Å². The Balaban J connectivity index is 2.30. The summed E-state index contributed by atoms with van der Waals surface area (Å²) in [5.41, 5.74) is 2.83. The Labute approximate surface area is 58.9 Å². The Bertz CT molecular complexity index is 228. The molecule has 0 atom stereocenters. The van der Waals surface area contributed by atoms with Crippen molar-refractivity contribution in [3.05, 3.63) is 18.3 Å². The van der Waals surface area contributed by atoms with E-state index < -0.39 is 0 Å². The maximum absolute atomic E-state index is 4.06. The van der Waals surface area contributed by atoms with Crippen LogP contribution in [0, 0.1) is 6.17 Å². The summed E-state index contributed by atoms with van der Waals surface area (Å²) in [5.74, 6) is 0.847. The quantitative estimate of drug-likeness (QED) is 0.518. The van der Waals surface area contributed by atoms with Crippen molar-refractivity contribution >= 4 is 12.1 Å². The highest BCUT2D eigenvalue weighted by molar-refractivity contribution is 6.00. The number of nitrogens with zero attached hydrogens (tertiary/aromatic N) is 3. The largest absolute Gasteiger partial charge is 0.277 e. The summed E-state index contributed by atoms with van der Waals surface area (Å²) < 4.78 is 0. The molecule has 0 saturated carbocycles. The summed E-state index contributed by atoms with van der Waals surface area (Å²) >= 11 is 0. The van der Waals surface area contributed by atoms with Crippen molar-refractivity contribution < 1.29 is 0 Å². The number of allylic oxidation sites excluding steroid dienone is 1. The van der Waals surface area contributed by atoms with E-state index in [1.54, 1.807) is 11.2 Å². The second-order valence-corrected chi connectivity index (χ2v) is 2.10. The van der Waals surface area contributed by atoms with Gasteiger partial charge in [-0.25, -0.2) is 5.01 Å². The number of nitrogens with one attached hydrogen (secondary N) is 1. The van der Waals surface area contributed by atoms with Crippen molar-refractivity contribution in [2.75, 3.05) is 0 Å². The second kappa shape index (κ2) is 1.83. The van der Waals surface area contributed by atoms with Crippen LogP contribution in [-0.4, -0.2) is 17.1 Å². The lowest BCUT2D eigenvalue weighted by Crippen LogP contribution is -2.26. The zero-order chi connectivity index (χ0) is 6.97. The van der Waals surface area contributed by atoms with Gasteiger partial charge in [-0.2, -0.15) is 10.2 Å². The summed E-state index contributed by atoms with van der Waals surface area (Å²) in [7, 11) is 0. The topological polar surface area (TPSA) is 40.0 Å². The molecule has 0 saturated heterocycles. The van der Waals surface area contributed by atoms with Crippen molar-refractivity contribution in [3.63, 3.8) is 0 Å². The molecule has 4 heteroatoms. The molecule has 0 unspecified atom stereocenters. The Kier molecular flexibility index (Phi) is 1.00. The van der Waals surface area contributed by atoms with E-state index in [-0.39, 0.29) is 0 Å². The van der Waals surface area contributed by atoms with Crippen LogP contribution in [0.15, 0.2) is 22.4 Å². The maximum Gasteiger partial charge on any atom is 0.190 e. The van der Waals surface area contributed by atoms with E-state index >= 15 is 0 Å². The summed E-state index contributed by atoms with van der Waals surface area (Å²) in [4.78, 5) is 0. The van der Waals surface area contributed by atoms with Crippen LogP contribution in [0.1, 0.15) is 6.92 Å². The van der Waals surface area contributed by atoms with Gasteiger partial charge >= 0.3 is 0 Å². The molecule has 2 aliphatic heterocycles. The first-order chi connectivity index (χ1) is 4.88. The van der Waals surface area contributed by atoms with E-state index in [1.807, 2.05) is 19.1 Å². The minimum absolute atomic E-state index is 0.847. The average Bonchev–Trinajstić information content (AvgIpc) is 2.34.